The van der Waals surface area contributed by atoms with Gasteiger partial charge in [-0.2, -0.15) is 0 Å². The fourth-order valence-corrected chi connectivity index (χ4v) is 1.78. The first kappa shape index (κ1) is 12.2. The first-order chi connectivity index (χ1) is 8.56. The second-order valence-electron chi connectivity index (χ2n) is 4.49. The highest BCUT2D eigenvalue weighted by Gasteiger charge is 2.13. The van der Waals surface area contributed by atoms with E-state index in [-0.39, 0.29) is 5.91 Å². The zero-order chi connectivity index (χ0) is 13.1. The third-order valence-electron chi connectivity index (χ3n) is 2.82. The lowest BCUT2D eigenvalue weighted by atomic mass is 10.1. The Bertz CT molecular complexity index is 542. The Morgan fingerprint density at radius 3 is 2.56 bits per heavy atom. The van der Waals surface area contributed by atoms with Gasteiger partial charge < -0.3 is 15.6 Å². The van der Waals surface area contributed by atoms with E-state index in [2.05, 4.69) is 4.98 Å². The van der Waals surface area contributed by atoms with Crippen LogP contribution in [0.25, 0.3) is 0 Å². The summed E-state index contributed by atoms with van der Waals surface area (Å²) < 4.78 is 0. The molecule has 2 aromatic rings. The minimum atomic E-state index is -0.0627. The van der Waals surface area contributed by atoms with Crippen molar-refractivity contribution in [1.29, 1.82) is 0 Å². The molecule has 1 aromatic heterocycles. The van der Waals surface area contributed by atoms with Crippen LogP contribution >= 0.6 is 0 Å². The summed E-state index contributed by atoms with van der Waals surface area (Å²) in [5.74, 6) is -0.0627. The van der Waals surface area contributed by atoms with Gasteiger partial charge in [-0.3, -0.25) is 4.79 Å². The van der Waals surface area contributed by atoms with Crippen molar-refractivity contribution in [1.82, 2.24) is 9.88 Å². The summed E-state index contributed by atoms with van der Waals surface area (Å²) in [4.78, 5) is 16.6. The van der Waals surface area contributed by atoms with Crippen LogP contribution in [-0.2, 0) is 6.54 Å². The second-order valence-corrected chi connectivity index (χ2v) is 4.49. The minimum Gasteiger partial charge on any atom is -0.397 e. The molecule has 0 saturated carbocycles. The summed E-state index contributed by atoms with van der Waals surface area (Å²) in [7, 11) is 1.78. The van der Waals surface area contributed by atoms with E-state index in [1.54, 1.807) is 24.2 Å². The van der Waals surface area contributed by atoms with Crippen LogP contribution in [0.5, 0.6) is 0 Å². The van der Waals surface area contributed by atoms with E-state index in [0.29, 0.717) is 17.9 Å². The Morgan fingerprint density at radius 2 is 2.00 bits per heavy atom. The molecule has 4 nitrogen and oxygen atoms in total. The monoisotopic (exact) mass is 243 g/mol. The molecule has 1 amide bonds. The Balaban J connectivity index is 2.05. The number of aromatic amines is 1. The maximum Gasteiger partial charge on any atom is 0.270 e. The lowest BCUT2D eigenvalue weighted by molar-refractivity contribution is 0.0780. The number of hydrogen-bond acceptors (Lipinski definition) is 2. The normalized spacial score (nSPS) is 10.3. The van der Waals surface area contributed by atoms with Gasteiger partial charge in [-0.15, -0.1) is 0 Å². The van der Waals surface area contributed by atoms with Gasteiger partial charge in [-0.1, -0.05) is 29.8 Å². The van der Waals surface area contributed by atoms with Crippen LogP contribution < -0.4 is 5.73 Å². The summed E-state index contributed by atoms with van der Waals surface area (Å²) in [6.07, 6.45) is 1.62. The van der Waals surface area contributed by atoms with E-state index >= 15 is 0 Å². The number of carbonyl (C=O) groups excluding carboxylic acids is 1. The first-order valence-electron chi connectivity index (χ1n) is 5.81. The molecule has 94 valence electrons. The van der Waals surface area contributed by atoms with Gasteiger partial charge in [-0.05, 0) is 18.6 Å². The Hall–Kier alpha value is -2.23. The summed E-state index contributed by atoms with van der Waals surface area (Å²) in [5.41, 5.74) is 8.99. The largest absolute Gasteiger partial charge is 0.397 e. The maximum atomic E-state index is 12.1. The number of nitrogens with zero attached hydrogens (tertiary/aromatic N) is 1. The lowest BCUT2D eigenvalue weighted by Gasteiger charge is -2.16. The molecule has 3 N–H and O–H groups in total. The van der Waals surface area contributed by atoms with E-state index in [4.69, 9.17) is 5.73 Å². The number of aromatic nitrogens is 1. The van der Waals surface area contributed by atoms with Crippen molar-refractivity contribution in [3.05, 3.63) is 53.3 Å². The quantitative estimate of drug-likeness (QED) is 0.868. The van der Waals surface area contributed by atoms with Crippen LogP contribution in [0.15, 0.2) is 36.5 Å². The van der Waals surface area contributed by atoms with Crippen molar-refractivity contribution in [3.63, 3.8) is 0 Å². The van der Waals surface area contributed by atoms with Crippen molar-refractivity contribution >= 4 is 11.6 Å². The molecule has 1 aromatic carbocycles. The molecular formula is C14H17N3O. The van der Waals surface area contributed by atoms with Gasteiger partial charge in [0.25, 0.3) is 5.91 Å². The minimum absolute atomic E-state index is 0.0627. The molecule has 0 saturated heterocycles. The predicted octanol–water partition coefficient (Wildman–Crippen LogP) is 2.18. The third-order valence-corrected chi connectivity index (χ3v) is 2.82. The smallest absolute Gasteiger partial charge is 0.270 e. The zero-order valence-electron chi connectivity index (χ0n) is 10.6. The molecule has 4 heteroatoms. The van der Waals surface area contributed by atoms with E-state index < -0.39 is 0 Å². The Kier molecular flexibility index (Phi) is 3.37. The number of carbonyl (C=O) groups is 1. The van der Waals surface area contributed by atoms with Gasteiger partial charge in [0, 0.05) is 25.5 Å². The highest BCUT2D eigenvalue weighted by molar-refractivity contribution is 5.93. The molecule has 0 bridgehead atoms. The molecule has 0 aliphatic rings. The predicted molar refractivity (Wildman–Crippen MR) is 72.2 cm³/mol. The van der Waals surface area contributed by atoms with E-state index in [9.17, 15) is 4.79 Å². The van der Waals surface area contributed by atoms with Gasteiger partial charge in [-0.25, -0.2) is 0 Å². The number of rotatable bonds is 3. The van der Waals surface area contributed by atoms with Gasteiger partial charge in [0.2, 0.25) is 0 Å². The summed E-state index contributed by atoms with van der Waals surface area (Å²) in [5, 5.41) is 0. The van der Waals surface area contributed by atoms with Crippen molar-refractivity contribution in [2.75, 3.05) is 12.8 Å². The Morgan fingerprint density at radius 1 is 1.33 bits per heavy atom. The summed E-state index contributed by atoms with van der Waals surface area (Å²) >= 11 is 0. The number of amides is 1. The molecule has 0 aliphatic heterocycles. The highest BCUT2D eigenvalue weighted by Crippen LogP contribution is 2.10. The van der Waals surface area contributed by atoms with Crippen molar-refractivity contribution in [3.8, 4) is 0 Å². The van der Waals surface area contributed by atoms with Crippen LogP contribution in [-0.4, -0.2) is 22.8 Å². The number of benzene rings is 1. The van der Waals surface area contributed by atoms with Crippen LogP contribution in [0.3, 0.4) is 0 Å². The maximum absolute atomic E-state index is 12.1. The third kappa shape index (κ3) is 2.71. The summed E-state index contributed by atoms with van der Waals surface area (Å²) in [6, 6.07) is 9.79. The molecule has 18 heavy (non-hydrogen) atoms. The van der Waals surface area contributed by atoms with Crippen LogP contribution in [0, 0.1) is 6.92 Å². The second kappa shape index (κ2) is 4.96. The number of nitrogen functional groups attached to an aromatic ring is 1. The fraction of sp³-hybridized carbons (Fsp3) is 0.214. The van der Waals surface area contributed by atoms with Gasteiger partial charge in [0.1, 0.15) is 5.69 Å². The number of hydrogen-bond donors (Lipinski definition) is 2. The standard InChI is InChI=1S/C14H17N3O/c1-10-3-5-11(6-4-10)9-17(2)14(18)13-7-12(15)8-16-13/h3-8,16H,9,15H2,1-2H3. The van der Waals surface area contributed by atoms with Crippen LogP contribution in [0.4, 0.5) is 5.69 Å². The van der Waals surface area contributed by atoms with Crippen LogP contribution in [0.1, 0.15) is 21.6 Å². The van der Waals surface area contributed by atoms with Crippen molar-refractivity contribution < 1.29 is 4.79 Å². The van der Waals surface area contributed by atoms with Gasteiger partial charge in [0.05, 0.1) is 0 Å². The van der Waals surface area contributed by atoms with E-state index in [0.717, 1.165) is 5.56 Å². The van der Waals surface area contributed by atoms with E-state index in [1.807, 2.05) is 31.2 Å². The highest BCUT2D eigenvalue weighted by atomic mass is 16.2. The number of anilines is 1. The molecule has 0 atom stereocenters. The molecule has 0 fully saturated rings. The SMILES string of the molecule is Cc1ccc(CN(C)C(=O)c2cc(N)c[nH]2)cc1. The lowest BCUT2D eigenvalue weighted by Crippen LogP contribution is -2.26. The molecule has 1 heterocycles. The zero-order valence-corrected chi connectivity index (χ0v) is 10.6. The fourth-order valence-electron chi connectivity index (χ4n) is 1.78. The van der Waals surface area contributed by atoms with E-state index in [1.165, 1.54) is 5.56 Å². The average molecular weight is 243 g/mol. The van der Waals surface area contributed by atoms with Crippen molar-refractivity contribution in [2.45, 2.75) is 13.5 Å². The van der Waals surface area contributed by atoms with Crippen molar-refractivity contribution in [2.24, 2.45) is 0 Å². The van der Waals surface area contributed by atoms with Crippen LogP contribution in [0.2, 0.25) is 0 Å². The topological polar surface area (TPSA) is 62.1 Å². The first-order valence-corrected chi connectivity index (χ1v) is 5.81. The molecule has 0 spiro atoms. The number of H-pyrrole nitrogens is 1. The molecular weight excluding hydrogens is 226 g/mol. The molecule has 0 unspecified atom stereocenters. The average Bonchev–Trinajstić information content (AvgIpc) is 2.78. The Labute approximate surface area is 106 Å². The number of nitrogens with two attached hydrogens (primary N) is 1. The van der Waals surface area contributed by atoms with Gasteiger partial charge >= 0.3 is 0 Å². The molecule has 2 rings (SSSR count). The van der Waals surface area contributed by atoms with Gasteiger partial charge in [0.15, 0.2) is 0 Å². The number of aryl methyl sites for hydroxylation is 1. The number of nitrogens with one attached hydrogen (secondary N) is 1. The molecule has 0 radical (unpaired) electrons. The summed E-state index contributed by atoms with van der Waals surface area (Å²) in [6.45, 7) is 2.62. The molecule has 0 aliphatic carbocycles.